The summed E-state index contributed by atoms with van der Waals surface area (Å²) in [6, 6.07) is 23.0. The lowest BCUT2D eigenvalue weighted by Crippen LogP contribution is -2.51. The van der Waals surface area contributed by atoms with Gasteiger partial charge in [0.05, 0.1) is 17.3 Å². The van der Waals surface area contributed by atoms with Gasteiger partial charge < -0.3 is 10.4 Å². The van der Waals surface area contributed by atoms with Crippen LogP contribution < -0.4 is 10.3 Å². The van der Waals surface area contributed by atoms with Crippen molar-refractivity contribution in [3.05, 3.63) is 78.4 Å². The number of nitrogens with zero attached hydrogens (tertiary/aromatic N) is 3. The highest BCUT2D eigenvalue weighted by atomic mass is 32.2. The smallest absolute Gasteiger partial charge is 0.431 e. The van der Waals surface area contributed by atoms with Crippen LogP contribution in [0.15, 0.2) is 77.7 Å². The number of carbonyl (C=O) groups excluding carboxylic acids is 1. The quantitative estimate of drug-likeness (QED) is 0.333. The Hall–Kier alpha value is -3.96. The normalized spacial score (nSPS) is 10.2. The van der Waals surface area contributed by atoms with Gasteiger partial charge in [0.15, 0.2) is 0 Å². The Morgan fingerprint density at radius 2 is 1.79 bits per heavy atom. The minimum absolute atomic E-state index is 0.175. The molecule has 0 atom stereocenters. The Morgan fingerprint density at radius 1 is 1.06 bits per heavy atom. The third kappa shape index (κ3) is 5.64. The van der Waals surface area contributed by atoms with E-state index in [-0.39, 0.29) is 12.2 Å². The first-order valence-corrected chi connectivity index (χ1v) is 11.6. The molecule has 3 aromatic carbocycles. The van der Waals surface area contributed by atoms with Crippen LogP contribution in [0.4, 0.5) is 21.0 Å². The number of anilines is 2. The summed E-state index contributed by atoms with van der Waals surface area (Å²) in [5.74, 6) is 0. The zero-order valence-corrected chi connectivity index (χ0v) is 19.2. The van der Waals surface area contributed by atoms with E-state index < -0.39 is 12.1 Å². The number of hydrogen-bond donors (Lipinski definition) is 2. The van der Waals surface area contributed by atoms with E-state index in [0.29, 0.717) is 17.7 Å². The lowest BCUT2D eigenvalue weighted by Gasteiger charge is -2.32. The molecule has 7 nitrogen and oxygen atoms in total. The Kier molecular flexibility index (Phi) is 7.95. The van der Waals surface area contributed by atoms with Crippen LogP contribution in [-0.2, 0) is 0 Å². The topological polar surface area (TPSA) is 96.7 Å². The molecule has 8 heteroatoms. The number of hydrazine groups is 1. The van der Waals surface area contributed by atoms with Crippen LogP contribution in [-0.4, -0.2) is 35.0 Å². The minimum Gasteiger partial charge on any atom is -0.463 e. The largest absolute Gasteiger partial charge is 0.463 e. The monoisotopic (exact) mass is 460 g/mol. The predicted molar refractivity (Wildman–Crippen MR) is 131 cm³/mol. The molecule has 0 fully saturated rings. The molecule has 0 saturated heterocycles. The summed E-state index contributed by atoms with van der Waals surface area (Å²) in [4.78, 5) is 26.3. The van der Waals surface area contributed by atoms with Gasteiger partial charge in [-0.2, -0.15) is 10.3 Å². The Morgan fingerprint density at radius 3 is 2.42 bits per heavy atom. The fraction of sp³-hybridized carbons (Fsp3) is 0.160. The fourth-order valence-electron chi connectivity index (χ4n) is 3.37. The summed E-state index contributed by atoms with van der Waals surface area (Å²) in [6.45, 7) is 2.03. The number of thioether (sulfide) groups is 1. The van der Waals surface area contributed by atoms with Crippen LogP contribution in [0.2, 0.25) is 0 Å². The van der Waals surface area contributed by atoms with Crippen molar-refractivity contribution in [2.24, 2.45) is 0 Å². The zero-order chi connectivity index (χ0) is 23.8. The van der Waals surface area contributed by atoms with E-state index in [2.05, 4.69) is 11.4 Å². The highest BCUT2D eigenvalue weighted by molar-refractivity contribution is 7.98. The van der Waals surface area contributed by atoms with E-state index in [1.54, 1.807) is 42.1 Å². The molecule has 0 bridgehead atoms. The zero-order valence-electron chi connectivity index (χ0n) is 18.4. The summed E-state index contributed by atoms with van der Waals surface area (Å²) in [5, 5.41) is 23.8. The molecular formula is C25H24N4O3S. The minimum atomic E-state index is -1.32. The SMILES string of the molecule is CCCN(C(=O)Nc1ccc(-c2ccccc2SC)cc1)N(C(=O)O)c1cccc(C#N)c1. The molecule has 0 unspecified atom stereocenters. The van der Waals surface area contributed by atoms with Crippen LogP contribution in [0.3, 0.4) is 0 Å². The first-order chi connectivity index (χ1) is 16.0. The van der Waals surface area contributed by atoms with Gasteiger partial charge >= 0.3 is 12.1 Å². The summed E-state index contributed by atoms with van der Waals surface area (Å²) in [7, 11) is 0. The van der Waals surface area contributed by atoms with Crippen molar-refractivity contribution in [2.45, 2.75) is 18.2 Å². The van der Waals surface area contributed by atoms with Gasteiger partial charge in [-0.05, 0) is 60.2 Å². The third-order valence-electron chi connectivity index (χ3n) is 4.87. The van der Waals surface area contributed by atoms with Crippen molar-refractivity contribution in [2.75, 3.05) is 23.1 Å². The predicted octanol–water partition coefficient (Wildman–Crippen LogP) is 6.29. The van der Waals surface area contributed by atoms with Gasteiger partial charge in [-0.1, -0.05) is 43.3 Å². The number of carbonyl (C=O) groups is 2. The lowest BCUT2D eigenvalue weighted by atomic mass is 10.1. The summed E-state index contributed by atoms with van der Waals surface area (Å²) in [6.07, 6.45) is 1.24. The Bertz CT molecular complexity index is 1170. The van der Waals surface area contributed by atoms with Gasteiger partial charge in [0.25, 0.3) is 0 Å². The summed E-state index contributed by atoms with van der Waals surface area (Å²) in [5.41, 5.74) is 3.18. The van der Waals surface area contributed by atoms with Crippen molar-refractivity contribution >= 4 is 35.3 Å². The third-order valence-corrected chi connectivity index (χ3v) is 5.66. The number of urea groups is 1. The molecule has 3 aromatic rings. The average Bonchev–Trinajstić information content (AvgIpc) is 2.84. The number of amides is 3. The molecule has 2 N–H and O–H groups in total. The van der Waals surface area contributed by atoms with Crippen LogP contribution in [0.25, 0.3) is 11.1 Å². The van der Waals surface area contributed by atoms with Gasteiger partial charge in [-0.25, -0.2) is 14.6 Å². The standard InChI is InChI=1S/C25H24N4O3S/c1-3-15-28(29(25(31)32)21-8-6-7-18(16-21)17-26)24(30)27-20-13-11-19(12-14-20)22-9-4-5-10-23(22)33-2/h4-14,16H,3,15H2,1-2H3,(H,27,30)(H,31,32). The molecule has 3 amide bonds. The van der Waals surface area contributed by atoms with Crippen molar-refractivity contribution in [1.82, 2.24) is 5.01 Å². The fourth-order valence-corrected chi connectivity index (χ4v) is 3.99. The maximum Gasteiger partial charge on any atom is 0.431 e. The van der Waals surface area contributed by atoms with E-state index in [1.165, 1.54) is 6.07 Å². The van der Waals surface area contributed by atoms with E-state index in [9.17, 15) is 14.7 Å². The van der Waals surface area contributed by atoms with E-state index in [0.717, 1.165) is 26.0 Å². The number of hydrogen-bond acceptors (Lipinski definition) is 4. The number of rotatable bonds is 6. The molecule has 0 aliphatic rings. The maximum absolute atomic E-state index is 13.1. The van der Waals surface area contributed by atoms with Crippen molar-refractivity contribution in [3.63, 3.8) is 0 Å². The molecule has 33 heavy (non-hydrogen) atoms. The first-order valence-electron chi connectivity index (χ1n) is 10.3. The molecule has 0 aliphatic carbocycles. The molecule has 0 spiro atoms. The van der Waals surface area contributed by atoms with Gasteiger partial charge in [-0.3, -0.25) is 0 Å². The van der Waals surface area contributed by atoms with Crippen molar-refractivity contribution in [3.8, 4) is 17.2 Å². The van der Waals surface area contributed by atoms with Crippen LogP contribution in [0.5, 0.6) is 0 Å². The molecule has 168 valence electrons. The second kappa shape index (κ2) is 11.1. The average molecular weight is 461 g/mol. The summed E-state index contributed by atoms with van der Waals surface area (Å²) >= 11 is 1.66. The Labute approximate surface area is 197 Å². The van der Waals surface area contributed by atoms with Gasteiger partial charge in [0.1, 0.15) is 0 Å². The van der Waals surface area contributed by atoms with Crippen molar-refractivity contribution in [1.29, 1.82) is 5.26 Å². The Balaban J connectivity index is 1.85. The molecule has 3 rings (SSSR count). The first kappa shape index (κ1) is 23.7. The number of nitriles is 1. The van der Waals surface area contributed by atoms with E-state index in [1.807, 2.05) is 49.6 Å². The van der Waals surface area contributed by atoms with E-state index in [4.69, 9.17) is 5.26 Å². The van der Waals surface area contributed by atoms with Gasteiger partial charge in [-0.15, -0.1) is 11.8 Å². The molecule has 0 heterocycles. The van der Waals surface area contributed by atoms with Gasteiger partial charge in [0, 0.05) is 17.1 Å². The van der Waals surface area contributed by atoms with Crippen molar-refractivity contribution < 1.29 is 14.7 Å². The highest BCUT2D eigenvalue weighted by Crippen LogP contribution is 2.30. The number of benzene rings is 3. The van der Waals surface area contributed by atoms with Crippen LogP contribution in [0.1, 0.15) is 18.9 Å². The molecule has 0 aromatic heterocycles. The second-order valence-corrected chi connectivity index (χ2v) is 7.94. The maximum atomic E-state index is 13.1. The molecule has 0 aliphatic heterocycles. The molecule has 0 radical (unpaired) electrons. The van der Waals surface area contributed by atoms with Crippen LogP contribution >= 0.6 is 11.8 Å². The van der Waals surface area contributed by atoms with Crippen LogP contribution in [0, 0.1) is 11.3 Å². The summed E-state index contributed by atoms with van der Waals surface area (Å²) < 4.78 is 0. The number of carboxylic acid groups (broad SMARTS) is 1. The highest BCUT2D eigenvalue weighted by Gasteiger charge is 2.27. The van der Waals surface area contributed by atoms with Gasteiger partial charge in [0.2, 0.25) is 0 Å². The second-order valence-electron chi connectivity index (χ2n) is 7.09. The number of nitrogens with one attached hydrogen (secondary N) is 1. The molecular weight excluding hydrogens is 436 g/mol. The molecule has 0 saturated carbocycles. The lowest BCUT2D eigenvalue weighted by molar-refractivity contribution is 0.170. The van der Waals surface area contributed by atoms with E-state index >= 15 is 0 Å².